The first kappa shape index (κ1) is 21.8. The topological polar surface area (TPSA) is 80.2 Å². The van der Waals surface area contributed by atoms with Crippen molar-refractivity contribution in [2.45, 2.75) is 20.5 Å². The number of nitrogens with one attached hydrogen (secondary N) is 1. The van der Waals surface area contributed by atoms with Crippen LogP contribution in [0.4, 0.5) is 4.39 Å². The smallest absolute Gasteiger partial charge is 0.271 e. The summed E-state index contributed by atoms with van der Waals surface area (Å²) >= 11 is 0. The predicted molar refractivity (Wildman–Crippen MR) is 116 cm³/mol. The second-order valence-corrected chi connectivity index (χ2v) is 6.69. The van der Waals surface area contributed by atoms with Crippen molar-refractivity contribution >= 4 is 11.6 Å². The average Bonchev–Trinajstić information content (AvgIpc) is 2.79. The SMILES string of the molecule is CCOc1ccc(OCc2ccc(C(=O)N/N=C(\C)c3cc(F)ccc3O)cc2)cc1. The summed E-state index contributed by atoms with van der Waals surface area (Å²) in [7, 11) is 0. The van der Waals surface area contributed by atoms with E-state index in [1.54, 1.807) is 31.2 Å². The van der Waals surface area contributed by atoms with E-state index < -0.39 is 11.7 Å². The maximum absolute atomic E-state index is 13.4. The van der Waals surface area contributed by atoms with Crippen molar-refractivity contribution in [2.24, 2.45) is 5.10 Å². The quantitative estimate of drug-likeness (QED) is 0.409. The zero-order valence-corrected chi connectivity index (χ0v) is 17.3. The molecule has 160 valence electrons. The number of carbonyl (C=O) groups excluding carboxylic acids is 1. The lowest BCUT2D eigenvalue weighted by molar-refractivity contribution is 0.0954. The van der Waals surface area contributed by atoms with Gasteiger partial charge in [0.1, 0.15) is 29.7 Å². The van der Waals surface area contributed by atoms with Gasteiger partial charge in [0.05, 0.1) is 12.3 Å². The molecular formula is C24H23FN2O4. The Hall–Kier alpha value is -3.87. The van der Waals surface area contributed by atoms with Crippen molar-refractivity contribution in [1.29, 1.82) is 0 Å². The Morgan fingerprint density at radius 1 is 1.00 bits per heavy atom. The van der Waals surface area contributed by atoms with Gasteiger partial charge >= 0.3 is 0 Å². The molecule has 3 aromatic rings. The number of halogens is 1. The van der Waals surface area contributed by atoms with Gasteiger partial charge in [0.25, 0.3) is 5.91 Å². The summed E-state index contributed by atoms with van der Waals surface area (Å²) in [6, 6.07) is 17.8. The van der Waals surface area contributed by atoms with E-state index in [0.29, 0.717) is 18.8 Å². The zero-order chi connectivity index (χ0) is 22.2. The van der Waals surface area contributed by atoms with Gasteiger partial charge in [-0.05, 0) is 74.0 Å². The van der Waals surface area contributed by atoms with Crippen LogP contribution >= 0.6 is 0 Å². The first-order valence-corrected chi connectivity index (χ1v) is 9.74. The maximum Gasteiger partial charge on any atom is 0.271 e. The van der Waals surface area contributed by atoms with Crippen molar-refractivity contribution in [1.82, 2.24) is 5.43 Å². The molecule has 0 aliphatic rings. The normalized spacial score (nSPS) is 11.1. The third kappa shape index (κ3) is 6.05. The monoisotopic (exact) mass is 422 g/mol. The number of hydrazone groups is 1. The highest BCUT2D eigenvalue weighted by atomic mass is 19.1. The Morgan fingerprint density at radius 3 is 2.29 bits per heavy atom. The van der Waals surface area contributed by atoms with E-state index in [0.717, 1.165) is 29.2 Å². The van der Waals surface area contributed by atoms with Crippen LogP contribution in [0.15, 0.2) is 71.8 Å². The fourth-order valence-corrected chi connectivity index (χ4v) is 2.78. The highest BCUT2D eigenvalue weighted by molar-refractivity contribution is 6.02. The van der Waals surface area contributed by atoms with E-state index >= 15 is 0 Å². The fraction of sp³-hybridized carbons (Fsp3) is 0.167. The van der Waals surface area contributed by atoms with Crippen LogP contribution in [-0.4, -0.2) is 23.3 Å². The van der Waals surface area contributed by atoms with E-state index in [4.69, 9.17) is 9.47 Å². The number of ether oxygens (including phenoxy) is 2. The van der Waals surface area contributed by atoms with Crippen LogP contribution in [0, 0.1) is 5.82 Å². The van der Waals surface area contributed by atoms with E-state index in [-0.39, 0.29) is 17.0 Å². The minimum absolute atomic E-state index is 0.117. The Morgan fingerprint density at radius 2 is 1.65 bits per heavy atom. The average molecular weight is 422 g/mol. The molecule has 1 amide bonds. The lowest BCUT2D eigenvalue weighted by Gasteiger charge is -2.09. The standard InChI is InChI=1S/C24H23FN2O4/c1-3-30-20-9-11-21(12-10-20)31-15-17-4-6-18(7-5-17)24(29)27-26-16(2)22-14-19(25)8-13-23(22)28/h4-14,28H,3,15H2,1-2H3,(H,27,29)/b26-16+. The molecule has 0 saturated heterocycles. The van der Waals surface area contributed by atoms with Crippen molar-refractivity contribution in [3.63, 3.8) is 0 Å². The highest BCUT2D eigenvalue weighted by Crippen LogP contribution is 2.20. The minimum atomic E-state index is -0.503. The number of phenols is 1. The molecule has 0 atom stereocenters. The molecule has 0 saturated carbocycles. The van der Waals surface area contributed by atoms with Gasteiger partial charge in [-0.1, -0.05) is 12.1 Å². The van der Waals surface area contributed by atoms with Crippen LogP contribution in [0.1, 0.15) is 35.3 Å². The van der Waals surface area contributed by atoms with Crippen molar-refractivity contribution < 1.29 is 23.8 Å². The molecule has 0 radical (unpaired) electrons. The van der Waals surface area contributed by atoms with Gasteiger partial charge in [0, 0.05) is 11.1 Å². The van der Waals surface area contributed by atoms with Gasteiger partial charge in [0.15, 0.2) is 0 Å². The molecule has 6 nitrogen and oxygen atoms in total. The van der Waals surface area contributed by atoms with Crippen LogP contribution < -0.4 is 14.9 Å². The van der Waals surface area contributed by atoms with Crippen molar-refractivity contribution in [2.75, 3.05) is 6.61 Å². The molecule has 0 fully saturated rings. The number of amides is 1. The number of hydrogen-bond acceptors (Lipinski definition) is 5. The lowest BCUT2D eigenvalue weighted by atomic mass is 10.1. The van der Waals surface area contributed by atoms with Crippen LogP contribution in [0.5, 0.6) is 17.2 Å². The van der Waals surface area contributed by atoms with Crippen LogP contribution in [-0.2, 0) is 6.61 Å². The predicted octanol–water partition coefficient (Wildman–Crippen LogP) is 4.66. The third-order valence-electron chi connectivity index (χ3n) is 4.43. The van der Waals surface area contributed by atoms with Crippen LogP contribution in [0.3, 0.4) is 0 Å². The van der Waals surface area contributed by atoms with Gasteiger partial charge in [0.2, 0.25) is 0 Å². The summed E-state index contributed by atoms with van der Waals surface area (Å²) in [4.78, 5) is 12.3. The Balaban J connectivity index is 1.56. The summed E-state index contributed by atoms with van der Waals surface area (Å²) in [5.74, 6) is 0.464. The number of phenolic OH excluding ortho intramolecular Hbond substituents is 1. The summed E-state index contributed by atoms with van der Waals surface area (Å²) in [6.07, 6.45) is 0. The fourth-order valence-electron chi connectivity index (χ4n) is 2.78. The Kier molecular flexibility index (Phi) is 7.22. The molecule has 31 heavy (non-hydrogen) atoms. The summed E-state index contributed by atoms with van der Waals surface area (Å²) in [6.45, 7) is 4.46. The molecule has 3 rings (SSSR count). The van der Waals surface area contributed by atoms with Crippen LogP contribution in [0.2, 0.25) is 0 Å². The van der Waals surface area contributed by atoms with E-state index in [2.05, 4.69) is 10.5 Å². The van der Waals surface area contributed by atoms with Gasteiger partial charge in [-0.25, -0.2) is 9.82 Å². The molecule has 0 unspecified atom stereocenters. The molecule has 0 aliphatic heterocycles. The zero-order valence-electron chi connectivity index (χ0n) is 17.3. The second kappa shape index (κ2) is 10.2. The minimum Gasteiger partial charge on any atom is -0.507 e. The number of benzene rings is 3. The molecule has 2 N–H and O–H groups in total. The third-order valence-corrected chi connectivity index (χ3v) is 4.43. The number of aromatic hydroxyl groups is 1. The molecule has 3 aromatic carbocycles. The van der Waals surface area contributed by atoms with Crippen molar-refractivity contribution in [3.8, 4) is 17.2 Å². The van der Waals surface area contributed by atoms with E-state index in [1.165, 1.54) is 6.07 Å². The molecule has 0 aliphatic carbocycles. The van der Waals surface area contributed by atoms with Crippen molar-refractivity contribution in [3.05, 3.63) is 89.2 Å². The summed E-state index contributed by atoms with van der Waals surface area (Å²) in [5, 5.41) is 13.8. The maximum atomic E-state index is 13.4. The number of carbonyl (C=O) groups is 1. The number of nitrogens with zero attached hydrogens (tertiary/aromatic N) is 1. The molecule has 0 heterocycles. The molecular weight excluding hydrogens is 399 g/mol. The summed E-state index contributed by atoms with van der Waals surface area (Å²) in [5.41, 5.74) is 4.21. The Labute approximate surface area is 179 Å². The molecule has 0 aromatic heterocycles. The molecule has 7 heteroatoms. The van der Waals surface area contributed by atoms with Gasteiger partial charge < -0.3 is 14.6 Å². The van der Waals surface area contributed by atoms with Crippen LogP contribution in [0.25, 0.3) is 0 Å². The van der Waals surface area contributed by atoms with Gasteiger partial charge in [-0.15, -0.1) is 0 Å². The Bertz CT molecular complexity index is 1060. The number of hydrogen-bond donors (Lipinski definition) is 2. The first-order valence-electron chi connectivity index (χ1n) is 9.74. The van der Waals surface area contributed by atoms with Gasteiger partial charge in [-0.3, -0.25) is 4.79 Å². The summed E-state index contributed by atoms with van der Waals surface area (Å²) < 4.78 is 24.5. The number of rotatable bonds is 8. The molecule has 0 bridgehead atoms. The van der Waals surface area contributed by atoms with E-state index in [1.807, 2.05) is 31.2 Å². The van der Waals surface area contributed by atoms with Gasteiger partial charge in [-0.2, -0.15) is 5.10 Å². The first-order chi connectivity index (χ1) is 15.0. The molecule has 0 spiro atoms. The largest absolute Gasteiger partial charge is 0.507 e. The highest BCUT2D eigenvalue weighted by Gasteiger charge is 2.09. The van der Waals surface area contributed by atoms with E-state index in [9.17, 15) is 14.3 Å². The second-order valence-electron chi connectivity index (χ2n) is 6.69. The lowest BCUT2D eigenvalue weighted by Crippen LogP contribution is -2.19.